The molecule has 3 N–H and O–H groups in total. The average Bonchev–Trinajstić information content (AvgIpc) is 2.78. The van der Waals surface area contributed by atoms with E-state index in [0.717, 1.165) is 6.07 Å². The van der Waals surface area contributed by atoms with E-state index in [1.54, 1.807) is 13.2 Å². The smallest absolute Gasteiger partial charge is 0.246 e. The third-order valence-corrected chi connectivity index (χ3v) is 2.79. The van der Waals surface area contributed by atoms with Crippen molar-refractivity contribution in [3.05, 3.63) is 47.0 Å². The number of aromatic nitrogens is 2. The molecule has 0 aliphatic rings. The molecule has 0 bridgehead atoms. The van der Waals surface area contributed by atoms with Crippen LogP contribution in [0.5, 0.6) is 0 Å². The largest absolute Gasteiger partial charge is 0.322 e. The third-order valence-electron chi connectivity index (χ3n) is 2.56. The van der Waals surface area contributed by atoms with Crippen molar-refractivity contribution < 1.29 is 9.18 Å². The number of nitrogens with zero attached hydrogens (tertiary/aromatic N) is 2. The number of nitrogens with two attached hydrogens (primary N) is 1. The van der Waals surface area contributed by atoms with Gasteiger partial charge in [-0.25, -0.2) is 4.39 Å². The van der Waals surface area contributed by atoms with Gasteiger partial charge in [0.15, 0.2) is 0 Å². The van der Waals surface area contributed by atoms with Crippen LogP contribution in [0.25, 0.3) is 0 Å². The van der Waals surface area contributed by atoms with E-state index in [2.05, 4.69) is 10.4 Å². The van der Waals surface area contributed by atoms with Crippen molar-refractivity contribution in [2.45, 2.75) is 6.04 Å². The molecule has 2 rings (SSSR count). The SMILES string of the molecule is Cn1cc(C(N)C(=O)Nc2ccc(Cl)cc2F)cn1. The zero-order valence-electron chi connectivity index (χ0n) is 10.1. The molecule has 0 spiro atoms. The van der Waals surface area contributed by atoms with Crippen LogP contribution in [-0.2, 0) is 11.8 Å². The zero-order chi connectivity index (χ0) is 14.0. The van der Waals surface area contributed by atoms with Crippen molar-refractivity contribution in [3.8, 4) is 0 Å². The molecule has 1 aromatic carbocycles. The fourth-order valence-corrected chi connectivity index (χ4v) is 1.71. The fourth-order valence-electron chi connectivity index (χ4n) is 1.55. The highest BCUT2D eigenvalue weighted by molar-refractivity contribution is 6.30. The highest BCUT2D eigenvalue weighted by atomic mass is 35.5. The van der Waals surface area contributed by atoms with Crippen molar-refractivity contribution in [1.82, 2.24) is 9.78 Å². The standard InChI is InChI=1S/C12H12ClFN4O/c1-18-6-7(5-16-18)11(15)12(19)17-10-3-2-8(13)4-9(10)14/h2-6,11H,15H2,1H3,(H,17,19). The van der Waals surface area contributed by atoms with E-state index in [4.69, 9.17) is 17.3 Å². The highest BCUT2D eigenvalue weighted by Gasteiger charge is 2.18. The first-order valence-electron chi connectivity index (χ1n) is 5.47. The molecule has 1 heterocycles. The minimum absolute atomic E-state index is 0.0359. The van der Waals surface area contributed by atoms with E-state index < -0.39 is 17.8 Å². The number of aryl methyl sites for hydroxylation is 1. The maximum atomic E-state index is 13.5. The fraction of sp³-hybridized carbons (Fsp3) is 0.167. The molecule has 7 heteroatoms. The van der Waals surface area contributed by atoms with Crippen LogP contribution < -0.4 is 11.1 Å². The summed E-state index contributed by atoms with van der Waals surface area (Å²) >= 11 is 5.63. The number of halogens is 2. The zero-order valence-corrected chi connectivity index (χ0v) is 10.9. The molecular formula is C12H12ClFN4O. The highest BCUT2D eigenvalue weighted by Crippen LogP contribution is 2.20. The summed E-state index contributed by atoms with van der Waals surface area (Å²) in [4.78, 5) is 11.9. The van der Waals surface area contributed by atoms with Gasteiger partial charge in [-0.3, -0.25) is 9.48 Å². The Balaban J connectivity index is 2.12. The molecule has 2 aromatic rings. The molecule has 19 heavy (non-hydrogen) atoms. The number of hydrogen-bond donors (Lipinski definition) is 2. The number of rotatable bonds is 3. The van der Waals surface area contributed by atoms with Crippen LogP contribution in [0.15, 0.2) is 30.6 Å². The maximum Gasteiger partial charge on any atom is 0.246 e. The minimum atomic E-state index is -0.913. The predicted octanol–water partition coefficient (Wildman–Crippen LogP) is 1.85. The van der Waals surface area contributed by atoms with Gasteiger partial charge in [-0.1, -0.05) is 11.6 Å². The van der Waals surface area contributed by atoms with Gasteiger partial charge in [0.1, 0.15) is 11.9 Å². The molecule has 1 unspecified atom stereocenters. The van der Waals surface area contributed by atoms with Crippen LogP contribution in [0.3, 0.4) is 0 Å². The lowest BCUT2D eigenvalue weighted by molar-refractivity contribution is -0.117. The number of benzene rings is 1. The number of anilines is 1. The molecule has 0 aliphatic carbocycles. The molecule has 5 nitrogen and oxygen atoms in total. The lowest BCUT2D eigenvalue weighted by Gasteiger charge is -2.11. The van der Waals surface area contributed by atoms with Gasteiger partial charge in [-0.05, 0) is 18.2 Å². The molecule has 0 radical (unpaired) electrons. The summed E-state index contributed by atoms with van der Waals surface area (Å²) < 4.78 is 15.1. The summed E-state index contributed by atoms with van der Waals surface area (Å²) in [5, 5.41) is 6.59. The van der Waals surface area contributed by atoms with Gasteiger partial charge in [0.2, 0.25) is 5.91 Å². The molecule has 0 saturated heterocycles. The van der Waals surface area contributed by atoms with Crippen molar-refractivity contribution in [2.24, 2.45) is 12.8 Å². The number of amides is 1. The van der Waals surface area contributed by atoms with Gasteiger partial charge >= 0.3 is 0 Å². The van der Waals surface area contributed by atoms with Crippen LogP contribution in [0, 0.1) is 5.82 Å². The van der Waals surface area contributed by atoms with E-state index in [-0.39, 0.29) is 10.7 Å². The monoisotopic (exact) mass is 282 g/mol. The first kappa shape index (κ1) is 13.5. The second-order valence-corrected chi connectivity index (χ2v) is 4.47. The summed E-state index contributed by atoms with van der Waals surface area (Å²) in [5.74, 6) is -1.13. The molecule has 0 saturated carbocycles. The van der Waals surface area contributed by atoms with Gasteiger partial charge in [0.25, 0.3) is 0 Å². The second kappa shape index (κ2) is 5.38. The first-order chi connectivity index (χ1) is 8.97. The van der Waals surface area contributed by atoms with Gasteiger partial charge in [-0.15, -0.1) is 0 Å². The number of carbonyl (C=O) groups excluding carboxylic acids is 1. The van der Waals surface area contributed by atoms with Gasteiger partial charge in [-0.2, -0.15) is 5.10 Å². The quantitative estimate of drug-likeness (QED) is 0.902. The first-order valence-corrected chi connectivity index (χ1v) is 5.85. The van der Waals surface area contributed by atoms with Crippen molar-refractivity contribution >= 4 is 23.2 Å². The van der Waals surface area contributed by atoms with E-state index in [9.17, 15) is 9.18 Å². The van der Waals surface area contributed by atoms with Crippen LogP contribution in [0.1, 0.15) is 11.6 Å². The second-order valence-electron chi connectivity index (χ2n) is 4.04. The predicted molar refractivity (Wildman–Crippen MR) is 70.2 cm³/mol. The summed E-state index contributed by atoms with van der Waals surface area (Å²) in [6.07, 6.45) is 3.12. The van der Waals surface area contributed by atoms with Crippen molar-refractivity contribution in [2.75, 3.05) is 5.32 Å². The van der Waals surface area contributed by atoms with Gasteiger partial charge in [0.05, 0.1) is 11.9 Å². The molecule has 1 aromatic heterocycles. The Morgan fingerprint density at radius 3 is 2.89 bits per heavy atom. The van der Waals surface area contributed by atoms with Crippen LogP contribution >= 0.6 is 11.6 Å². The topological polar surface area (TPSA) is 72.9 Å². The summed E-state index contributed by atoms with van der Waals surface area (Å²) in [6, 6.07) is 3.07. The summed E-state index contributed by atoms with van der Waals surface area (Å²) in [7, 11) is 1.72. The number of hydrogen-bond acceptors (Lipinski definition) is 3. The molecular weight excluding hydrogens is 271 g/mol. The number of nitrogens with one attached hydrogen (secondary N) is 1. The van der Waals surface area contributed by atoms with Crippen LogP contribution in [0.4, 0.5) is 10.1 Å². The van der Waals surface area contributed by atoms with Gasteiger partial charge in [0, 0.05) is 23.8 Å². The average molecular weight is 283 g/mol. The third kappa shape index (κ3) is 3.10. The normalized spacial score (nSPS) is 12.2. The van der Waals surface area contributed by atoms with Crippen molar-refractivity contribution in [3.63, 3.8) is 0 Å². The lowest BCUT2D eigenvalue weighted by atomic mass is 10.1. The molecule has 100 valence electrons. The Kier molecular flexibility index (Phi) is 3.82. The van der Waals surface area contributed by atoms with Crippen LogP contribution in [0.2, 0.25) is 5.02 Å². The Morgan fingerprint density at radius 1 is 1.58 bits per heavy atom. The molecule has 1 atom stereocenters. The Hall–Kier alpha value is -1.92. The molecule has 0 aliphatic heterocycles. The maximum absolute atomic E-state index is 13.5. The summed E-state index contributed by atoms with van der Waals surface area (Å²) in [5.41, 5.74) is 6.35. The van der Waals surface area contributed by atoms with Crippen LogP contribution in [-0.4, -0.2) is 15.7 Å². The van der Waals surface area contributed by atoms with E-state index in [1.807, 2.05) is 0 Å². The van der Waals surface area contributed by atoms with E-state index in [1.165, 1.54) is 23.0 Å². The molecule has 0 fully saturated rings. The summed E-state index contributed by atoms with van der Waals surface area (Å²) in [6.45, 7) is 0. The lowest BCUT2D eigenvalue weighted by Crippen LogP contribution is -2.27. The van der Waals surface area contributed by atoms with Crippen molar-refractivity contribution in [1.29, 1.82) is 0 Å². The Labute approximate surface area is 114 Å². The van der Waals surface area contributed by atoms with E-state index >= 15 is 0 Å². The number of carbonyl (C=O) groups is 1. The van der Waals surface area contributed by atoms with E-state index in [0.29, 0.717) is 5.56 Å². The minimum Gasteiger partial charge on any atom is -0.322 e. The Morgan fingerprint density at radius 2 is 2.32 bits per heavy atom. The Bertz CT molecular complexity index is 614. The van der Waals surface area contributed by atoms with Gasteiger partial charge < -0.3 is 11.1 Å². The molecule has 1 amide bonds.